The molecule has 3 rings (SSSR count). The van der Waals surface area contributed by atoms with E-state index in [1.165, 1.54) is 25.3 Å². The van der Waals surface area contributed by atoms with Crippen molar-refractivity contribution in [3.63, 3.8) is 0 Å². The van der Waals surface area contributed by atoms with Crippen molar-refractivity contribution in [1.82, 2.24) is 5.32 Å². The summed E-state index contributed by atoms with van der Waals surface area (Å²) >= 11 is 0. The van der Waals surface area contributed by atoms with E-state index in [0.717, 1.165) is 11.2 Å². The van der Waals surface area contributed by atoms with E-state index in [4.69, 9.17) is 4.74 Å². The van der Waals surface area contributed by atoms with E-state index in [1.54, 1.807) is 18.2 Å². The first kappa shape index (κ1) is 24.2. The lowest BCUT2D eigenvalue weighted by molar-refractivity contribution is -0.118. The molecule has 0 aliphatic carbocycles. The maximum Gasteiger partial charge on any atom is 0.328 e. The predicted molar refractivity (Wildman–Crippen MR) is 125 cm³/mol. The van der Waals surface area contributed by atoms with Crippen LogP contribution < -0.4 is 20.3 Å². The van der Waals surface area contributed by atoms with Crippen molar-refractivity contribution in [2.75, 3.05) is 30.1 Å². The van der Waals surface area contributed by atoms with E-state index in [0.29, 0.717) is 5.56 Å². The molecule has 1 fully saturated rings. The molecule has 176 valence electrons. The quantitative estimate of drug-likeness (QED) is 0.688. The SMILES string of the molecule is COc1c(C(=O)Nc2ccccc2S(C)(=O)=O)cc(N2C(=O)CCNC2=O)cc1C(C)(C)C. The van der Waals surface area contributed by atoms with Crippen LogP contribution >= 0.6 is 0 Å². The number of methoxy groups -OCH3 is 1. The van der Waals surface area contributed by atoms with Crippen molar-refractivity contribution in [2.45, 2.75) is 37.5 Å². The van der Waals surface area contributed by atoms with Gasteiger partial charge in [-0.3, -0.25) is 9.59 Å². The minimum absolute atomic E-state index is 0.0323. The normalized spacial score (nSPS) is 14.6. The number of carbonyl (C=O) groups excluding carboxylic acids is 3. The van der Waals surface area contributed by atoms with Gasteiger partial charge in [-0.15, -0.1) is 0 Å². The Kier molecular flexibility index (Phi) is 6.51. The zero-order chi connectivity index (χ0) is 24.6. The molecular formula is C23H27N3O6S. The molecule has 4 amide bonds. The molecule has 2 aromatic carbocycles. The van der Waals surface area contributed by atoms with E-state index in [1.807, 2.05) is 20.8 Å². The number of anilines is 2. The van der Waals surface area contributed by atoms with E-state index in [9.17, 15) is 22.8 Å². The fourth-order valence-corrected chi connectivity index (χ4v) is 4.46. The minimum Gasteiger partial charge on any atom is -0.496 e. The average molecular weight is 474 g/mol. The molecule has 0 unspecified atom stereocenters. The van der Waals surface area contributed by atoms with Crippen LogP contribution in [0.3, 0.4) is 0 Å². The molecule has 1 heterocycles. The third kappa shape index (κ3) is 5.00. The molecule has 2 N–H and O–H groups in total. The number of benzene rings is 2. The highest BCUT2D eigenvalue weighted by atomic mass is 32.2. The van der Waals surface area contributed by atoms with Crippen molar-refractivity contribution in [3.8, 4) is 5.75 Å². The lowest BCUT2D eigenvalue weighted by Gasteiger charge is -2.30. The van der Waals surface area contributed by atoms with Crippen LogP contribution in [0.15, 0.2) is 41.3 Å². The first-order chi connectivity index (χ1) is 15.3. The molecule has 0 aromatic heterocycles. The van der Waals surface area contributed by atoms with Crippen LogP contribution in [-0.2, 0) is 20.0 Å². The number of carbonyl (C=O) groups is 3. The summed E-state index contributed by atoms with van der Waals surface area (Å²) in [7, 11) is -2.18. The van der Waals surface area contributed by atoms with Gasteiger partial charge < -0.3 is 15.4 Å². The standard InChI is InChI=1S/C23H27N3O6S/c1-23(2,3)16-13-14(26-19(27)10-11-24-22(26)29)12-15(20(16)32-4)21(28)25-17-8-6-7-9-18(17)33(5,30)31/h6-9,12-13H,10-11H2,1-5H3,(H,24,29)(H,25,28). The number of nitrogens with zero attached hydrogens (tertiary/aromatic N) is 1. The molecule has 2 aromatic rings. The Hall–Kier alpha value is -3.40. The largest absolute Gasteiger partial charge is 0.496 e. The van der Waals surface area contributed by atoms with Crippen molar-refractivity contribution >= 4 is 39.1 Å². The molecule has 1 aliphatic rings. The van der Waals surface area contributed by atoms with E-state index in [-0.39, 0.29) is 40.5 Å². The molecule has 1 aliphatic heterocycles. The third-order valence-corrected chi connectivity index (χ3v) is 6.35. The number of nitrogens with one attached hydrogen (secondary N) is 2. The summed E-state index contributed by atoms with van der Waals surface area (Å²) in [6.07, 6.45) is 1.18. The summed E-state index contributed by atoms with van der Waals surface area (Å²) in [5, 5.41) is 5.27. The molecule has 1 saturated heterocycles. The second kappa shape index (κ2) is 8.86. The molecule has 0 spiro atoms. The number of para-hydroxylation sites is 1. The summed E-state index contributed by atoms with van der Waals surface area (Å²) in [6, 6.07) is 8.52. The van der Waals surface area contributed by atoms with Gasteiger partial charge in [-0.1, -0.05) is 32.9 Å². The van der Waals surface area contributed by atoms with Gasteiger partial charge in [0, 0.05) is 24.8 Å². The minimum atomic E-state index is -3.60. The van der Waals surface area contributed by atoms with Crippen molar-refractivity contribution in [3.05, 3.63) is 47.5 Å². The molecule has 0 radical (unpaired) electrons. The van der Waals surface area contributed by atoms with Gasteiger partial charge in [-0.25, -0.2) is 18.1 Å². The topological polar surface area (TPSA) is 122 Å². The molecule has 10 heteroatoms. The highest BCUT2D eigenvalue weighted by molar-refractivity contribution is 7.90. The Morgan fingerprint density at radius 3 is 2.39 bits per heavy atom. The number of amides is 4. The van der Waals surface area contributed by atoms with Crippen LogP contribution in [0.25, 0.3) is 0 Å². The highest BCUT2D eigenvalue weighted by Crippen LogP contribution is 2.39. The van der Waals surface area contributed by atoms with Crippen molar-refractivity contribution in [1.29, 1.82) is 0 Å². The number of hydrogen-bond acceptors (Lipinski definition) is 6. The van der Waals surface area contributed by atoms with Crippen LogP contribution in [0, 0.1) is 0 Å². The van der Waals surface area contributed by atoms with Gasteiger partial charge in [-0.2, -0.15) is 0 Å². The summed E-state index contributed by atoms with van der Waals surface area (Å²) < 4.78 is 29.9. The molecule has 33 heavy (non-hydrogen) atoms. The molecule has 9 nitrogen and oxygen atoms in total. The number of ether oxygens (including phenoxy) is 1. The molecular weight excluding hydrogens is 446 g/mol. The van der Waals surface area contributed by atoms with Gasteiger partial charge in [0.2, 0.25) is 5.91 Å². The number of imide groups is 1. The number of urea groups is 1. The van der Waals surface area contributed by atoms with E-state index >= 15 is 0 Å². The van der Waals surface area contributed by atoms with Crippen molar-refractivity contribution < 1.29 is 27.5 Å². The third-order valence-electron chi connectivity index (χ3n) is 5.19. The van der Waals surface area contributed by atoms with Gasteiger partial charge in [0.05, 0.1) is 28.9 Å². The monoisotopic (exact) mass is 473 g/mol. The maximum atomic E-state index is 13.4. The second-order valence-electron chi connectivity index (χ2n) is 8.76. The Morgan fingerprint density at radius 1 is 1.15 bits per heavy atom. The highest BCUT2D eigenvalue weighted by Gasteiger charge is 2.32. The van der Waals surface area contributed by atoms with E-state index in [2.05, 4.69) is 10.6 Å². The lowest BCUT2D eigenvalue weighted by Crippen LogP contribution is -2.50. The average Bonchev–Trinajstić information content (AvgIpc) is 2.72. The van der Waals surface area contributed by atoms with Gasteiger partial charge in [0.15, 0.2) is 9.84 Å². The Morgan fingerprint density at radius 2 is 1.82 bits per heavy atom. The van der Waals surface area contributed by atoms with Gasteiger partial charge in [-0.05, 0) is 29.7 Å². The van der Waals surface area contributed by atoms with E-state index < -0.39 is 33.1 Å². The smallest absolute Gasteiger partial charge is 0.328 e. The molecule has 0 atom stereocenters. The van der Waals surface area contributed by atoms with Crippen molar-refractivity contribution in [2.24, 2.45) is 0 Å². The Labute approximate surface area is 193 Å². The van der Waals surface area contributed by atoms with Gasteiger partial charge in [0.25, 0.3) is 5.91 Å². The summed E-state index contributed by atoms with van der Waals surface area (Å²) in [6.45, 7) is 5.97. The van der Waals surface area contributed by atoms with Crippen LogP contribution in [0.1, 0.15) is 43.1 Å². The van der Waals surface area contributed by atoms with Crippen LogP contribution in [0.5, 0.6) is 5.75 Å². The molecule has 0 bridgehead atoms. The predicted octanol–water partition coefficient (Wildman–Crippen LogP) is 3.09. The Balaban J connectivity index is 2.17. The van der Waals surface area contributed by atoms with Gasteiger partial charge in [0.1, 0.15) is 5.75 Å². The fraction of sp³-hybridized carbons (Fsp3) is 0.348. The summed E-state index contributed by atoms with van der Waals surface area (Å²) in [5.41, 5.74) is 0.506. The fourth-order valence-electron chi connectivity index (χ4n) is 3.61. The second-order valence-corrected chi connectivity index (χ2v) is 10.7. The first-order valence-corrected chi connectivity index (χ1v) is 12.2. The zero-order valence-corrected chi connectivity index (χ0v) is 20.0. The van der Waals surface area contributed by atoms with Crippen LogP contribution in [0.2, 0.25) is 0 Å². The number of sulfone groups is 1. The van der Waals surface area contributed by atoms with Crippen LogP contribution in [0.4, 0.5) is 16.2 Å². The van der Waals surface area contributed by atoms with Crippen LogP contribution in [-0.4, -0.2) is 46.2 Å². The maximum absolute atomic E-state index is 13.4. The zero-order valence-electron chi connectivity index (χ0n) is 19.2. The Bertz CT molecular complexity index is 1220. The lowest BCUT2D eigenvalue weighted by atomic mass is 9.84. The first-order valence-electron chi connectivity index (χ1n) is 10.3. The number of hydrogen-bond donors (Lipinski definition) is 2. The summed E-state index contributed by atoms with van der Waals surface area (Å²) in [4.78, 5) is 39.3. The molecule has 0 saturated carbocycles. The number of rotatable bonds is 5. The van der Waals surface area contributed by atoms with Gasteiger partial charge >= 0.3 is 6.03 Å². The summed E-state index contributed by atoms with van der Waals surface area (Å²) in [5.74, 6) is -0.761.